The van der Waals surface area contributed by atoms with Gasteiger partial charge in [-0.2, -0.15) is 0 Å². The molecular weight excluding hydrogens is 301 g/mol. The molecule has 0 unspecified atom stereocenters. The van der Waals surface area contributed by atoms with E-state index < -0.39 is 23.7 Å². The van der Waals surface area contributed by atoms with Gasteiger partial charge >= 0.3 is 0 Å². The van der Waals surface area contributed by atoms with Crippen LogP contribution in [0.3, 0.4) is 0 Å². The fourth-order valence-electron chi connectivity index (χ4n) is 2.42. The van der Waals surface area contributed by atoms with E-state index >= 15 is 0 Å². The zero-order valence-electron chi connectivity index (χ0n) is 12.1. The summed E-state index contributed by atoms with van der Waals surface area (Å²) in [4.78, 5) is 25.3. The molecule has 23 heavy (non-hydrogen) atoms. The average Bonchev–Trinajstić information content (AvgIpc) is 2.80. The molecule has 118 valence electrons. The summed E-state index contributed by atoms with van der Waals surface area (Å²) in [5.74, 6) is -1.43. The Bertz CT molecular complexity index is 727. The van der Waals surface area contributed by atoms with Crippen LogP contribution in [0.1, 0.15) is 20.7 Å². The fourth-order valence-corrected chi connectivity index (χ4v) is 2.42. The molecule has 0 saturated carbocycles. The summed E-state index contributed by atoms with van der Waals surface area (Å²) in [7, 11) is 0. The number of carbonyl (C=O) groups excluding carboxylic acids is 2. The lowest BCUT2D eigenvalue weighted by molar-refractivity contribution is 0.0452. The van der Waals surface area contributed by atoms with Crippen molar-refractivity contribution >= 4 is 11.8 Å². The lowest BCUT2D eigenvalue weighted by Gasteiger charge is -2.19. The minimum Gasteiger partial charge on any atom is -0.488 e. The summed E-state index contributed by atoms with van der Waals surface area (Å²) < 4.78 is 18.6. The fraction of sp³-hybridized carbons (Fsp3) is 0.176. The number of fused-ring (bicyclic) bond motifs is 1. The Kier molecular flexibility index (Phi) is 4.08. The first-order valence-electron chi connectivity index (χ1n) is 7.08. The van der Waals surface area contributed by atoms with Gasteiger partial charge in [-0.25, -0.2) is 4.39 Å². The van der Waals surface area contributed by atoms with Gasteiger partial charge in [-0.15, -0.1) is 0 Å². The highest BCUT2D eigenvalue weighted by Gasteiger charge is 2.36. The minimum absolute atomic E-state index is 0.00825. The van der Waals surface area contributed by atoms with Crippen molar-refractivity contribution in [3.63, 3.8) is 0 Å². The van der Waals surface area contributed by atoms with Crippen LogP contribution in [0, 0.1) is 5.82 Å². The van der Waals surface area contributed by atoms with Gasteiger partial charge in [0, 0.05) is 0 Å². The van der Waals surface area contributed by atoms with Gasteiger partial charge in [0.1, 0.15) is 12.7 Å². The zero-order valence-corrected chi connectivity index (χ0v) is 12.1. The van der Waals surface area contributed by atoms with Crippen LogP contribution in [0.5, 0.6) is 5.75 Å². The van der Waals surface area contributed by atoms with Gasteiger partial charge in [-0.1, -0.05) is 24.3 Å². The van der Waals surface area contributed by atoms with Gasteiger partial charge in [0.05, 0.1) is 17.7 Å². The van der Waals surface area contributed by atoms with Gasteiger partial charge in [0.15, 0.2) is 11.6 Å². The molecule has 1 atom stereocenters. The molecule has 1 heterocycles. The predicted octanol–water partition coefficient (Wildman–Crippen LogP) is 1.86. The number of hydrogen-bond acceptors (Lipinski definition) is 4. The molecule has 3 rings (SSSR count). The largest absolute Gasteiger partial charge is 0.488 e. The molecule has 0 fully saturated rings. The normalized spacial score (nSPS) is 14.8. The van der Waals surface area contributed by atoms with E-state index in [0.29, 0.717) is 11.1 Å². The van der Waals surface area contributed by atoms with Crippen LogP contribution < -0.4 is 4.74 Å². The second kappa shape index (κ2) is 6.18. The number of hydrogen-bond donors (Lipinski definition) is 1. The van der Waals surface area contributed by atoms with Gasteiger partial charge < -0.3 is 9.84 Å². The van der Waals surface area contributed by atoms with Crippen LogP contribution in [0.25, 0.3) is 0 Å². The lowest BCUT2D eigenvalue weighted by atomic mass is 10.1. The van der Waals surface area contributed by atoms with E-state index in [1.165, 1.54) is 18.2 Å². The Morgan fingerprint density at radius 1 is 1.00 bits per heavy atom. The van der Waals surface area contributed by atoms with Crippen molar-refractivity contribution in [2.24, 2.45) is 0 Å². The maximum Gasteiger partial charge on any atom is 0.261 e. The summed E-state index contributed by atoms with van der Waals surface area (Å²) in [5, 5.41) is 9.98. The van der Waals surface area contributed by atoms with E-state index in [9.17, 15) is 19.1 Å². The molecule has 0 saturated heterocycles. The van der Waals surface area contributed by atoms with Crippen molar-refractivity contribution < 1.29 is 23.8 Å². The number of carbonyl (C=O) groups is 2. The number of amides is 2. The van der Waals surface area contributed by atoms with Crippen molar-refractivity contribution in [3.8, 4) is 5.75 Å². The number of aliphatic hydroxyl groups is 1. The molecule has 2 amide bonds. The Morgan fingerprint density at radius 3 is 2.17 bits per heavy atom. The highest BCUT2D eigenvalue weighted by atomic mass is 19.1. The number of para-hydroxylation sites is 1. The van der Waals surface area contributed by atoms with Gasteiger partial charge in [0.2, 0.25) is 0 Å². The molecule has 1 N–H and O–H groups in total. The Hall–Kier alpha value is -2.73. The standard InChI is InChI=1S/C17H14FNO4/c18-14-7-3-4-8-15(14)23-10-11(20)9-19-16(21)12-5-1-2-6-13(12)17(19)22/h1-8,11,20H,9-10H2/t11-/m0/s1. The van der Waals surface area contributed by atoms with Crippen LogP contribution in [0.15, 0.2) is 48.5 Å². The number of ether oxygens (including phenoxy) is 1. The Balaban J connectivity index is 1.63. The first-order valence-corrected chi connectivity index (χ1v) is 7.08. The Morgan fingerprint density at radius 2 is 1.57 bits per heavy atom. The maximum absolute atomic E-state index is 13.4. The quantitative estimate of drug-likeness (QED) is 0.855. The van der Waals surface area contributed by atoms with Crippen molar-refractivity contribution in [2.45, 2.75) is 6.10 Å². The number of nitrogens with zero attached hydrogens (tertiary/aromatic N) is 1. The maximum atomic E-state index is 13.4. The molecule has 5 nitrogen and oxygen atoms in total. The van der Waals surface area contributed by atoms with Crippen LogP contribution in [0.4, 0.5) is 4.39 Å². The molecule has 1 aliphatic heterocycles. The zero-order chi connectivity index (χ0) is 16.4. The van der Waals surface area contributed by atoms with Crippen molar-refractivity contribution in [2.75, 3.05) is 13.2 Å². The third-order valence-corrected chi connectivity index (χ3v) is 3.54. The van der Waals surface area contributed by atoms with Gasteiger partial charge in [0.25, 0.3) is 11.8 Å². The minimum atomic E-state index is -1.11. The molecule has 0 aliphatic carbocycles. The van der Waals surface area contributed by atoms with E-state index in [1.54, 1.807) is 30.3 Å². The first kappa shape index (κ1) is 15.2. The van der Waals surface area contributed by atoms with Crippen LogP contribution in [-0.2, 0) is 0 Å². The van der Waals surface area contributed by atoms with Crippen LogP contribution in [-0.4, -0.2) is 41.1 Å². The molecule has 0 aromatic heterocycles. The molecule has 2 aromatic carbocycles. The van der Waals surface area contributed by atoms with Gasteiger partial charge in [-0.05, 0) is 24.3 Å². The van der Waals surface area contributed by atoms with E-state index in [2.05, 4.69) is 0 Å². The summed E-state index contributed by atoms with van der Waals surface area (Å²) >= 11 is 0. The van der Waals surface area contributed by atoms with Crippen molar-refractivity contribution in [3.05, 3.63) is 65.5 Å². The number of rotatable bonds is 5. The third kappa shape index (κ3) is 2.93. The lowest BCUT2D eigenvalue weighted by Crippen LogP contribution is -2.39. The second-order valence-corrected chi connectivity index (χ2v) is 5.16. The Labute approximate surface area is 131 Å². The number of imide groups is 1. The first-order chi connectivity index (χ1) is 11.1. The van der Waals surface area contributed by atoms with Crippen molar-refractivity contribution in [1.29, 1.82) is 0 Å². The van der Waals surface area contributed by atoms with E-state index in [1.807, 2.05) is 0 Å². The molecule has 6 heteroatoms. The summed E-state index contributed by atoms with van der Waals surface area (Å²) in [6.07, 6.45) is -1.11. The number of benzene rings is 2. The van der Waals surface area contributed by atoms with Crippen molar-refractivity contribution in [1.82, 2.24) is 4.90 Å². The van der Waals surface area contributed by atoms with E-state index in [-0.39, 0.29) is 18.9 Å². The summed E-state index contributed by atoms with van der Waals surface area (Å²) in [6, 6.07) is 12.3. The highest BCUT2D eigenvalue weighted by Crippen LogP contribution is 2.22. The number of β-amino-alcohol motifs (C(OH)–C–C–N with tert-alkyl or cyclic N) is 1. The second-order valence-electron chi connectivity index (χ2n) is 5.16. The monoisotopic (exact) mass is 315 g/mol. The number of halogens is 1. The van der Waals surface area contributed by atoms with Gasteiger partial charge in [-0.3, -0.25) is 14.5 Å². The topological polar surface area (TPSA) is 66.8 Å². The molecule has 0 spiro atoms. The highest BCUT2D eigenvalue weighted by molar-refractivity contribution is 6.21. The van der Waals surface area contributed by atoms with Crippen LogP contribution in [0.2, 0.25) is 0 Å². The molecular formula is C17H14FNO4. The summed E-state index contributed by atoms with van der Waals surface area (Å²) in [5.41, 5.74) is 0.638. The molecule has 0 bridgehead atoms. The van der Waals surface area contributed by atoms with E-state index in [4.69, 9.17) is 4.74 Å². The van der Waals surface area contributed by atoms with E-state index in [0.717, 1.165) is 4.90 Å². The average molecular weight is 315 g/mol. The summed E-state index contributed by atoms with van der Waals surface area (Å²) in [6.45, 7) is -0.435. The molecule has 2 aromatic rings. The third-order valence-electron chi connectivity index (χ3n) is 3.54. The molecule has 0 radical (unpaired) electrons. The SMILES string of the molecule is O=C1c2ccccc2C(=O)N1C[C@H](O)COc1ccccc1F. The van der Waals surface area contributed by atoms with Crippen LogP contribution >= 0.6 is 0 Å². The number of aliphatic hydroxyl groups excluding tert-OH is 1. The smallest absolute Gasteiger partial charge is 0.261 e. The molecule has 1 aliphatic rings. The predicted molar refractivity (Wildman–Crippen MR) is 79.7 cm³/mol.